The van der Waals surface area contributed by atoms with E-state index >= 15 is 0 Å². The number of hydrogen-bond donors (Lipinski definition) is 1. The smallest absolute Gasteiger partial charge is 0.161 e. The fraction of sp³-hybridized carbons (Fsp3) is 0.143. The van der Waals surface area contributed by atoms with Crippen LogP contribution in [0.2, 0.25) is 0 Å². The van der Waals surface area contributed by atoms with Crippen molar-refractivity contribution in [2.45, 2.75) is 12.8 Å². The van der Waals surface area contributed by atoms with E-state index in [4.69, 9.17) is 0 Å². The van der Waals surface area contributed by atoms with E-state index < -0.39 is 11.6 Å². The molecule has 0 saturated carbocycles. The Balaban J connectivity index is 1.82. The molecule has 0 aliphatic rings. The van der Waals surface area contributed by atoms with E-state index in [9.17, 15) is 8.78 Å². The van der Waals surface area contributed by atoms with Gasteiger partial charge >= 0.3 is 0 Å². The molecule has 0 fully saturated rings. The Morgan fingerprint density at radius 2 is 1.89 bits per heavy atom. The van der Waals surface area contributed by atoms with Crippen molar-refractivity contribution < 1.29 is 8.78 Å². The number of halogens is 2. The van der Waals surface area contributed by atoms with Gasteiger partial charge in [0, 0.05) is 30.4 Å². The SMILES string of the molecule is Fc1cc2nc(CCc3ccccn3)[nH]c2cc1F. The van der Waals surface area contributed by atoms with Crippen LogP contribution >= 0.6 is 0 Å². The Bertz CT molecular complexity index is 668. The highest BCUT2D eigenvalue weighted by Gasteiger charge is 2.08. The highest BCUT2D eigenvalue weighted by atomic mass is 19.2. The molecule has 0 spiro atoms. The van der Waals surface area contributed by atoms with Crippen molar-refractivity contribution in [3.8, 4) is 0 Å². The van der Waals surface area contributed by atoms with Crippen molar-refractivity contribution in [2.24, 2.45) is 0 Å². The highest BCUT2D eigenvalue weighted by molar-refractivity contribution is 5.75. The number of pyridine rings is 1. The number of H-pyrrole nitrogens is 1. The molecule has 5 heteroatoms. The van der Waals surface area contributed by atoms with E-state index in [1.165, 1.54) is 0 Å². The van der Waals surface area contributed by atoms with Gasteiger partial charge in [0.25, 0.3) is 0 Å². The van der Waals surface area contributed by atoms with E-state index in [-0.39, 0.29) is 0 Å². The van der Waals surface area contributed by atoms with Crippen LogP contribution in [0.4, 0.5) is 8.78 Å². The van der Waals surface area contributed by atoms with Crippen LogP contribution in [0.1, 0.15) is 11.5 Å². The third-order valence-corrected chi connectivity index (χ3v) is 2.92. The molecule has 0 aliphatic heterocycles. The summed E-state index contributed by atoms with van der Waals surface area (Å²) >= 11 is 0. The Morgan fingerprint density at radius 3 is 2.68 bits per heavy atom. The van der Waals surface area contributed by atoms with Gasteiger partial charge in [-0.2, -0.15) is 0 Å². The summed E-state index contributed by atoms with van der Waals surface area (Å²) in [5.41, 5.74) is 1.91. The van der Waals surface area contributed by atoms with Gasteiger partial charge in [0.2, 0.25) is 0 Å². The minimum absolute atomic E-state index is 0.440. The molecule has 0 bridgehead atoms. The van der Waals surface area contributed by atoms with E-state index in [1.807, 2.05) is 18.2 Å². The van der Waals surface area contributed by atoms with Gasteiger partial charge in [-0.3, -0.25) is 4.98 Å². The molecule has 0 unspecified atom stereocenters. The summed E-state index contributed by atoms with van der Waals surface area (Å²) in [4.78, 5) is 11.4. The Kier molecular flexibility index (Phi) is 2.95. The van der Waals surface area contributed by atoms with Gasteiger partial charge in [-0.05, 0) is 18.6 Å². The molecule has 0 saturated heterocycles. The predicted octanol–water partition coefficient (Wildman–Crippen LogP) is 3.02. The summed E-state index contributed by atoms with van der Waals surface area (Å²) in [7, 11) is 0. The van der Waals surface area contributed by atoms with Crippen LogP contribution in [0.3, 0.4) is 0 Å². The van der Waals surface area contributed by atoms with Gasteiger partial charge in [-0.25, -0.2) is 13.8 Å². The van der Waals surface area contributed by atoms with Gasteiger partial charge in [0.1, 0.15) is 5.82 Å². The molecule has 0 aliphatic carbocycles. The number of aromatic amines is 1. The van der Waals surface area contributed by atoms with Crippen LogP contribution in [0.25, 0.3) is 11.0 Å². The third-order valence-electron chi connectivity index (χ3n) is 2.92. The van der Waals surface area contributed by atoms with Crippen molar-refractivity contribution in [1.29, 1.82) is 0 Å². The molecule has 96 valence electrons. The van der Waals surface area contributed by atoms with Crippen LogP contribution < -0.4 is 0 Å². The fourth-order valence-corrected chi connectivity index (χ4v) is 1.97. The molecule has 3 aromatic rings. The number of aromatic nitrogens is 3. The number of hydrogen-bond acceptors (Lipinski definition) is 2. The lowest BCUT2D eigenvalue weighted by Crippen LogP contribution is -1.95. The first-order valence-electron chi connectivity index (χ1n) is 5.96. The number of fused-ring (bicyclic) bond motifs is 1. The Morgan fingerprint density at radius 1 is 1.05 bits per heavy atom. The molecule has 2 aromatic heterocycles. The van der Waals surface area contributed by atoms with Crippen molar-refractivity contribution in [1.82, 2.24) is 15.0 Å². The second kappa shape index (κ2) is 4.76. The van der Waals surface area contributed by atoms with E-state index in [1.54, 1.807) is 6.20 Å². The molecule has 1 N–H and O–H groups in total. The monoisotopic (exact) mass is 259 g/mol. The lowest BCUT2D eigenvalue weighted by Gasteiger charge is -1.96. The van der Waals surface area contributed by atoms with Crippen molar-refractivity contribution in [3.63, 3.8) is 0 Å². The summed E-state index contributed by atoms with van der Waals surface area (Å²) < 4.78 is 26.1. The Hall–Kier alpha value is -2.30. The van der Waals surface area contributed by atoms with Crippen molar-refractivity contribution in [3.05, 3.63) is 59.7 Å². The Labute approximate surface area is 108 Å². The lowest BCUT2D eigenvalue weighted by atomic mass is 10.2. The summed E-state index contributed by atoms with van der Waals surface area (Å²) in [6, 6.07) is 7.94. The number of nitrogens with one attached hydrogen (secondary N) is 1. The van der Waals surface area contributed by atoms with Crippen LogP contribution in [0.5, 0.6) is 0 Å². The van der Waals surface area contributed by atoms with Crippen LogP contribution in [-0.2, 0) is 12.8 Å². The average molecular weight is 259 g/mol. The average Bonchev–Trinajstić information content (AvgIpc) is 2.80. The normalized spacial score (nSPS) is 11.1. The lowest BCUT2D eigenvalue weighted by molar-refractivity contribution is 0.510. The zero-order valence-corrected chi connectivity index (χ0v) is 10.0. The predicted molar refractivity (Wildman–Crippen MR) is 67.7 cm³/mol. The van der Waals surface area contributed by atoms with Crippen LogP contribution in [0.15, 0.2) is 36.5 Å². The van der Waals surface area contributed by atoms with E-state index in [0.29, 0.717) is 23.3 Å². The molecular formula is C14H11F2N3. The van der Waals surface area contributed by atoms with Crippen molar-refractivity contribution >= 4 is 11.0 Å². The van der Waals surface area contributed by atoms with Crippen LogP contribution in [-0.4, -0.2) is 15.0 Å². The van der Waals surface area contributed by atoms with Gasteiger partial charge < -0.3 is 4.98 Å². The molecule has 19 heavy (non-hydrogen) atoms. The first kappa shape index (κ1) is 11.8. The fourth-order valence-electron chi connectivity index (χ4n) is 1.97. The second-order valence-electron chi connectivity index (χ2n) is 4.29. The number of rotatable bonds is 3. The van der Waals surface area contributed by atoms with E-state index in [2.05, 4.69) is 15.0 Å². The highest BCUT2D eigenvalue weighted by Crippen LogP contribution is 2.17. The van der Waals surface area contributed by atoms with Gasteiger partial charge in [0.15, 0.2) is 11.6 Å². The molecule has 0 radical (unpaired) electrons. The van der Waals surface area contributed by atoms with Crippen molar-refractivity contribution in [2.75, 3.05) is 0 Å². The largest absolute Gasteiger partial charge is 0.342 e. The molecule has 2 heterocycles. The van der Waals surface area contributed by atoms with Gasteiger partial charge in [0.05, 0.1) is 11.0 Å². The molecule has 0 amide bonds. The maximum Gasteiger partial charge on any atom is 0.161 e. The van der Waals surface area contributed by atoms with E-state index in [0.717, 1.165) is 24.2 Å². The number of imidazole rings is 1. The second-order valence-corrected chi connectivity index (χ2v) is 4.29. The van der Waals surface area contributed by atoms with Crippen LogP contribution in [0, 0.1) is 11.6 Å². The number of nitrogens with zero attached hydrogens (tertiary/aromatic N) is 2. The molecule has 1 aromatic carbocycles. The zero-order chi connectivity index (χ0) is 13.2. The maximum atomic E-state index is 13.1. The molecule has 0 atom stereocenters. The summed E-state index contributed by atoms with van der Waals surface area (Å²) in [5, 5.41) is 0. The minimum Gasteiger partial charge on any atom is -0.342 e. The topological polar surface area (TPSA) is 41.6 Å². The molecule has 3 nitrogen and oxygen atoms in total. The quantitative estimate of drug-likeness (QED) is 0.785. The van der Waals surface area contributed by atoms with Gasteiger partial charge in [-0.15, -0.1) is 0 Å². The first-order valence-corrected chi connectivity index (χ1v) is 5.96. The molecule has 3 rings (SSSR count). The number of benzene rings is 1. The first-order chi connectivity index (χ1) is 9.22. The third kappa shape index (κ3) is 2.45. The number of aryl methyl sites for hydroxylation is 2. The summed E-state index contributed by atoms with van der Waals surface area (Å²) in [5.74, 6) is -1.05. The standard InChI is InChI=1S/C14H11F2N3/c15-10-7-12-13(8-11(10)16)19-14(18-12)5-4-9-3-1-2-6-17-9/h1-3,6-8H,4-5H2,(H,18,19). The summed E-state index contributed by atoms with van der Waals surface area (Å²) in [6.07, 6.45) is 3.11. The summed E-state index contributed by atoms with van der Waals surface area (Å²) in [6.45, 7) is 0. The van der Waals surface area contributed by atoms with Gasteiger partial charge in [-0.1, -0.05) is 6.07 Å². The maximum absolute atomic E-state index is 13.1. The molecular weight excluding hydrogens is 248 g/mol. The zero-order valence-electron chi connectivity index (χ0n) is 10.0. The minimum atomic E-state index is -0.879.